The fourth-order valence-electron chi connectivity index (χ4n) is 1.54. The van der Waals surface area contributed by atoms with E-state index < -0.39 is 0 Å². The Bertz CT molecular complexity index is 405. The molecule has 0 saturated heterocycles. The van der Waals surface area contributed by atoms with Gasteiger partial charge in [-0.3, -0.25) is 0 Å². The van der Waals surface area contributed by atoms with Crippen LogP contribution in [-0.4, -0.2) is 27.2 Å². The van der Waals surface area contributed by atoms with Gasteiger partial charge in [-0.2, -0.15) is 0 Å². The summed E-state index contributed by atoms with van der Waals surface area (Å²) in [6, 6.07) is 0. The number of carbonyl (C=O) groups is 1. The van der Waals surface area contributed by atoms with E-state index in [0.717, 1.165) is 17.4 Å². The Morgan fingerprint density at radius 2 is 1.39 bits per heavy atom. The maximum atomic E-state index is 11.0. The molecule has 2 heteroatoms. The predicted molar refractivity (Wildman–Crippen MR) is 79.6 cm³/mol. The molecule has 0 N–H and O–H groups in total. The molecular weight excluding hydrogens is 336 g/mol. The van der Waals surface area contributed by atoms with Gasteiger partial charge in [0.15, 0.2) is 0 Å². The van der Waals surface area contributed by atoms with Gasteiger partial charge in [-0.15, -0.1) is 0 Å². The molecule has 0 aromatic rings. The quantitative estimate of drug-likeness (QED) is 0.391. The SMILES string of the molecule is CC(C=O)=C1C=C(C(C)(C)C)[Te]C(C(C)(C)C)=C1. The number of carbonyl (C=O) groups excluding carboxylic acids is 1. The standard InChI is InChI=1S/C16H24OTe/c1-11(10-17)12-8-13(15(2,3)4)18-14(9-12)16(5,6)7/h8-10H,1-7H3. The summed E-state index contributed by atoms with van der Waals surface area (Å²) in [6.07, 6.45) is 5.47. The molecular formula is C16H24OTe. The summed E-state index contributed by atoms with van der Waals surface area (Å²) in [5.74, 6) is 0. The average molecular weight is 360 g/mol. The Labute approximate surface area is 122 Å². The third-order valence-electron chi connectivity index (χ3n) is 2.90. The van der Waals surface area contributed by atoms with Gasteiger partial charge in [0.25, 0.3) is 0 Å². The van der Waals surface area contributed by atoms with E-state index in [1.54, 1.807) is 0 Å². The zero-order valence-electron chi connectivity index (χ0n) is 12.5. The van der Waals surface area contributed by atoms with Crippen molar-refractivity contribution in [2.24, 2.45) is 10.8 Å². The van der Waals surface area contributed by atoms with Gasteiger partial charge in [-0.05, 0) is 0 Å². The summed E-state index contributed by atoms with van der Waals surface area (Å²) in [7, 11) is 0. The summed E-state index contributed by atoms with van der Waals surface area (Å²) in [4.78, 5) is 11.0. The van der Waals surface area contributed by atoms with Gasteiger partial charge >= 0.3 is 122 Å². The molecule has 0 bridgehead atoms. The van der Waals surface area contributed by atoms with Crippen LogP contribution in [0.5, 0.6) is 0 Å². The van der Waals surface area contributed by atoms with Crippen LogP contribution in [0.15, 0.2) is 30.5 Å². The molecule has 0 amide bonds. The minimum atomic E-state index is -0.282. The van der Waals surface area contributed by atoms with Crippen molar-refractivity contribution in [2.45, 2.75) is 48.5 Å². The Morgan fingerprint density at radius 1 is 1.00 bits per heavy atom. The van der Waals surface area contributed by atoms with Crippen molar-refractivity contribution in [2.75, 3.05) is 0 Å². The number of hydrogen-bond donors (Lipinski definition) is 0. The van der Waals surface area contributed by atoms with Gasteiger partial charge in [0.1, 0.15) is 0 Å². The fourth-order valence-corrected chi connectivity index (χ4v) is 5.02. The van der Waals surface area contributed by atoms with Gasteiger partial charge in [-0.25, -0.2) is 0 Å². The molecule has 0 unspecified atom stereocenters. The summed E-state index contributed by atoms with van der Waals surface area (Å²) < 4.78 is 3.08. The number of allylic oxidation sites excluding steroid dienone is 6. The molecule has 1 heterocycles. The van der Waals surface area contributed by atoms with E-state index in [-0.39, 0.29) is 31.8 Å². The van der Waals surface area contributed by atoms with Crippen LogP contribution in [0.25, 0.3) is 0 Å². The second-order valence-electron chi connectivity index (χ2n) is 6.88. The Hall–Kier alpha value is -0.320. The summed E-state index contributed by atoms with van der Waals surface area (Å²) >= 11 is -0.282. The summed E-state index contributed by atoms with van der Waals surface area (Å²) in [5, 5.41) is 0. The van der Waals surface area contributed by atoms with Crippen molar-refractivity contribution in [3.63, 3.8) is 0 Å². The van der Waals surface area contributed by atoms with Crippen LogP contribution >= 0.6 is 0 Å². The van der Waals surface area contributed by atoms with Crippen LogP contribution in [0.2, 0.25) is 0 Å². The number of rotatable bonds is 1. The molecule has 0 atom stereocenters. The monoisotopic (exact) mass is 362 g/mol. The fraction of sp³-hybridized carbons (Fsp3) is 0.562. The molecule has 0 aromatic carbocycles. The number of hydrogen-bond acceptors (Lipinski definition) is 1. The first kappa shape index (κ1) is 15.7. The molecule has 0 fully saturated rings. The molecule has 0 aromatic heterocycles. The summed E-state index contributed by atoms with van der Waals surface area (Å²) in [6.45, 7) is 15.5. The van der Waals surface area contributed by atoms with Crippen LogP contribution in [0.1, 0.15) is 48.5 Å². The van der Waals surface area contributed by atoms with E-state index in [4.69, 9.17) is 0 Å². The van der Waals surface area contributed by atoms with E-state index in [9.17, 15) is 4.79 Å². The molecule has 18 heavy (non-hydrogen) atoms. The predicted octanol–water partition coefficient (Wildman–Crippen LogP) is 4.08. The van der Waals surface area contributed by atoms with Crippen LogP contribution in [0.4, 0.5) is 0 Å². The Balaban J connectivity index is 3.32. The third-order valence-corrected chi connectivity index (χ3v) is 8.33. The second kappa shape index (κ2) is 5.35. The first-order valence-corrected chi connectivity index (χ1v) is 8.67. The van der Waals surface area contributed by atoms with Gasteiger partial charge in [-0.1, -0.05) is 0 Å². The topological polar surface area (TPSA) is 17.1 Å². The van der Waals surface area contributed by atoms with Crippen LogP contribution in [0, 0.1) is 10.8 Å². The van der Waals surface area contributed by atoms with Crippen molar-refractivity contribution < 1.29 is 4.79 Å². The van der Waals surface area contributed by atoms with E-state index in [0.29, 0.717) is 0 Å². The van der Waals surface area contributed by atoms with Crippen molar-refractivity contribution in [1.29, 1.82) is 0 Å². The maximum absolute atomic E-state index is 11.0. The molecule has 0 saturated carbocycles. The average Bonchev–Trinajstić information content (AvgIpc) is 2.25. The third kappa shape index (κ3) is 3.84. The molecule has 1 nitrogen and oxygen atoms in total. The number of aldehydes is 1. The molecule has 0 spiro atoms. The zero-order chi connectivity index (χ0) is 14.1. The van der Waals surface area contributed by atoms with Gasteiger partial charge in [0.2, 0.25) is 0 Å². The van der Waals surface area contributed by atoms with E-state index in [2.05, 4.69) is 53.7 Å². The Kier molecular flexibility index (Phi) is 4.68. The van der Waals surface area contributed by atoms with Gasteiger partial charge < -0.3 is 0 Å². The van der Waals surface area contributed by atoms with E-state index >= 15 is 0 Å². The van der Waals surface area contributed by atoms with Crippen molar-refractivity contribution in [1.82, 2.24) is 0 Å². The van der Waals surface area contributed by atoms with Crippen molar-refractivity contribution in [3.8, 4) is 0 Å². The molecule has 1 aliphatic rings. The minimum absolute atomic E-state index is 0.210. The Morgan fingerprint density at radius 3 is 1.67 bits per heavy atom. The first-order valence-electron chi connectivity index (χ1n) is 6.34. The summed E-state index contributed by atoms with van der Waals surface area (Å²) in [5.41, 5.74) is 2.37. The van der Waals surface area contributed by atoms with Crippen molar-refractivity contribution in [3.05, 3.63) is 30.5 Å². The first-order chi connectivity index (χ1) is 8.05. The van der Waals surface area contributed by atoms with Crippen LogP contribution < -0.4 is 0 Å². The molecule has 1 rings (SSSR count). The van der Waals surface area contributed by atoms with E-state index in [1.807, 2.05) is 6.92 Å². The van der Waals surface area contributed by atoms with Gasteiger partial charge in [0.05, 0.1) is 0 Å². The molecule has 0 radical (unpaired) electrons. The van der Waals surface area contributed by atoms with Crippen molar-refractivity contribution >= 4 is 27.2 Å². The molecule has 1 aliphatic heterocycles. The van der Waals surface area contributed by atoms with Crippen LogP contribution in [-0.2, 0) is 4.79 Å². The molecule has 0 aliphatic carbocycles. The molecule has 100 valence electrons. The van der Waals surface area contributed by atoms with Crippen LogP contribution in [0.3, 0.4) is 0 Å². The van der Waals surface area contributed by atoms with E-state index in [1.165, 1.54) is 7.24 Å². The van der Waals surface area contributed by atoms with Gasteiger partial charge in [0, 0.05) is 0 Å². The normalized spacial score (nSPS) is 17.2. The zero-order valence-corrected chi connectivity index (χ0v) is 14.9. The second-order valence-corrected chi connectivity index (χ2v) is 9.97.